The van der Waals surface area contributed by atoms with Crippen molar-refractivity contribution in [2.24, 2.45) is 5.92 Å². The highest BCUT2D eigenvalue weighted by atomic mass is 19.1. The molecule has 1 amide bonds. The van der Waals surface area contributed by atoms with Gasteiger partial charge in [0.25, 0.3) is 5.91 Å². The Kier molecular flexibility index (Phi) is 4.47. The maximum atomic E-state index is 12.8. The van der Waals surface area contributed by atoms with Crippen molar-refractivity contribution < 1.29 is 9.18 Å². The smallest absolute Gasteiger partial charge is 0.251 e. The highest BCUT2D eigenvalue weighted by molar-refractivity contribution is 5.95. The Morgan fingerprint density at radius 3 is 2.75 bits per heavy atom. The van der Waals surface area contributed by atoms with E-state index in [1.807, 2.05) is 0 Å². The Balaban J connectivity index is 2.66. The van der Waals surface area contributed by atoms with Crippen LogP contribution in [0.2, 0.25) is 0 Å². The normalized spacial score (nSPS) is 12.2. The van der Waals surface area contributed by atoms with Crippen molar-refractivity contribution in [1.82, 2.24) is 5.32 Å². The summed E-state index contributed by atoms with van der Waals surface area (Å²) in [6, 6.07) is 4.21. The molecule has 1 rings (SSSR count). The Morgan fingerprint density at radius 1 is 1.50 bits per heavy atom. The summed E-state index contributed by atoms with van der Waals surface area (Å²) in [5.41, 5.74) is 1.21. The lowest BCUT2D eigenvalue weighted by molar-refractivity contribution is 0.0947. The van der Waals surface area contributed by atoms with Gasteiger partial charge in [-0.1, -0.05) is 20.3 Å². The van der Waals surface area contributed by atoms with Crippen LogP contribution in [0.3, 0.4) is 0 Å². The van der Waals surface area contributed by atoms with Gasteiger partial charge in [-0.3, -0.25) is 4.79 Å². The molecule has 0 spiro atoms. The Morgan fingerprint density at radius 2 is 2.19 bits per heavy atom. The summed E-state index contributed by atoms with van der Waals surface area (Å²) in [5.74, 6) is 0.0264. The van der Waals surface area contributed by atoms with E-state index in [-0.39, 0.29) is 11.7 Å². The van der Waals surface area contributed by atoms with E-state index in [1.54, 1.807) is 6.92 Å². The van der Waals surface area contributed by atoms with Gasteiger partial charge in [0.05, 0.1) is 0 Å². The van der Waals surface area contributed by atoms with E-state index in [1.165, 1.54) is 18.2 Å². The minimum atomic E-state index is -0.309. The van der Waals surface area contributed by atoms with Crippen LogP contribution < -0.4 is 5.32 Å². The third kappa shape index (κ3) is 3.33. The molecule has 2 nitrogen and oxygen atoms in total. The van der Waals surface area contributed by atoms with Gasteiger partial charge >= 0.3 is 0 Å². The first kappa shape index (κ1) is 12.7. The minimum absolute atomic E-state index is 0.127. The summed E-state index contributed by atoms with van der Waals surface area (Å²) >= 11 is 0. The average molecular weight is 223 g/mol. The molecular weight excluding hydrogens is 205 g/mol. The number of carbonyl (C=O) groups excluding carboxylic acids is 1. The van der Waals surface area contributed by atoms with Gasteiger partial charge in [-0.15, -0.1) is 0 Å². The molecule has 1 unspecified atom stereocenters. The van der Waals surface area contributed by atoms with Crippen molar-refractivity contribution in [3.63, 3.8) is 0 Å². The number of hydrogen-bond acceptors (Lipinski definition) is 1. The largest absolute Gasteiger partial charge is 0.352 e. The van der Waals surface area contributed by atoms with Crippen LogP contribution in [-0.2, 0) is 0 Å². The SMILES string of the molecule is CCC(C)CNC(=O)c1ccc(F)cc1C. The van der Waals surface area contributed by atoms with E-state index in [0.29, 0.717) is 23.6 Å². The molecule has 16 heavy (non-hydrogen) atoms. The number of rotatable bonds is 4. The molecule has 88 valence electrons. The molecule has 1 atom stereocenters. The minimum Gasteiger partial charge on any atom is -0.352 e. The fourth-order valence-corrected chi connectivity index (χ4v) is 1.39. The number of hydrogen-bond donors (Lipinski definition) is 1. The predicted octanol–water partition coefficient (Wildman–Crippen LogP) is 2.91. The molecule has 0 aromatic heterocycles. The molecule has 0 aliphatic rings. The number of halogens is 1. The maximum Gasteiger partial charge on any atom is 0.251 e. The zero-order chi connectivity index (χ0) is 12.1. The van der Waals surface area contributed by atoms with Crippen LogP contribution in [0.5, 0.6) is 0 Å². The average Bonchev–Trinajstić information content (AvgIpc) is 2.25. The van der Waals surface area contributed by atoms with Crippen molar-refractivity contribution >= 4 is 5.91 Å². The van der Waals surface area contributed by atoms with Gasteiger partial charge in [0.1, 0.15) is 5.82 Å². The quantitative estimate of drug-likeness (QED) is 0.835. The van der Waals surface area contributed by atoms with Gasteiger partial charge in [-0.25, -0.2) is 4.39 Å². The van der Waals surface area contributed by atoms with Gasteiger partial charge in [-0.2, -0.15) is 0 Å². The van der Waals surface area contributed by atoms with Crippen LogP contribution in [0.25, 0.3) is 0 Å². The molecule has 0 heterocycles. The molecule has 1 aromatic rings. The summed E-state index contributed by atoms with van der Waals surface area (Å²) in [6.07, 6.45) is 1.03. The van der Waals surface area contributed by atoms with Gasteiger partial charge in [0.15, 0.2) is 0 Å². The maximum absolute atomic E-state index is 12.8. The third-order valence-corrected chi connectivity index (χ3v) is 2.74. The molecule has 0 bridgehead atoms. The molecule has 0 fully saturated rings. The van der Waals surface area contributed by atoms with E-state index < -0.39 is 0 Å². The predicted molar refractivity (Wildman–Crippen MR) is 62.9 cm³/mol. The Bertz CT molecular complexity index is 376. The number of nitrogens with one attached hydrogen (secondary N) is 1. The third-order valence-electron chi connectivity index (χ3n) is 2.74. The first-order valence-electron chi connectivity index (χ1n) is 5.59. The van der Waals surface area contributed by atoms with Crippen LogP contribution >= 0.6 is 0 Å². The molecule has 0 aliphatic carbocycles. The van der Waals surface area contributed by atoms with Crippen molar-refractivity contribution in [3.8, 4) is 0 Å². The van der Waals surface area contributed by atoms with Crippen molar-refractivity contribution in [2.75, 3.05) is 6.54 Å². The van der Waals surface area contributed by atoms with Crippen LogP contribution in [0.1, 0.15) is 36.2 Å². The lowest BCUT2D eigenvalue weighted by atomic mass is 10.1. The Hall–Kier alpha value is -1.38. The summed E-state index contributed by atoms with van der Waals surface area (Å²) in [4.78, 5) is 11.8. The standard InChI is InChI=1S/C13H18FNO/c1-4-9(2)8-15-13(16)12-6-5-11(14)7-10(12)3/h5-7,9H,4,8H2,1-3H3,(H,15,16). The number of amides is 1. The molecule has 1 aromatic carbocycles. The van der Waals surface area contributed by atoms with E-state index in [2.05, 4.69) is 19.2 Å². The van der Waals surface area contributed by atoms with Gasteiger partial charge in [-0.05, 0) is 36.6 Å². The Labute approximate surface area is 95.9 Å². The first-order valence-corrected chi connectivity index (χ1v) is 5.59. The zero-order valence-corrected chi connectivity index (χ0v) is 10.0. The molecular formula is C13H18FNO. The summed E-state index contributed by atoms with van der Waals surface area (Å²) in [7, 11) is 0. The molecule has 0 saturated carbocycles. The van der Waals surface area contributed by atoms with Crippen molar-refractivity contribution in [1.29, 1.82) is 0 Å². The number of aryl methyl sites for hydroxylation is 1. The van der Waals surface area contributed by atoms with E-state index >= 15 is 0 Å². The van der Waals surface area contributed by atoms with Gasteiger partial charge < -0.3 is 5.32 Å². The number of benzene rings is 1. The second-order valence-corrected chi connectivity index (χ2v) is 4.18. The van der Waals surface area contributed by atoms with Crippen LogP contribution in [0, 0.1) is 18.7 Å². The monoisotopic (exact) mass is 223 g/mol. The number of carbonyl (C=O) groups is 1. The molecule has 0 radical (unpaired) electrons. The summed E-state index contributed by atoms with van der Waals surface area (Å²) < 4.78 is 12.8. The highest BCUT2D eigenvalue weighted by Gasteiger charge is 2.10. The van der Waals surface area contributed by atoms with Gasteiger partial charge in [0.2, 0.25) is 0 Å². The van der Waals surface area contributed by atoms with E-state index in [9.17, 15) is 9.18 Å². The topological polar surface area (TPSA) is 29.1 Å². The van der Waals surface area contributed by atoms with E-state index in [4.69, 9.17) is 0 Å². The van der Waals surface area contributed by atoms with Crippen LogP contribution in [-0.4, -0.2) is 12.5 Å². The lowest BCUT2D eigenvalue weighted by Crippen LogP contribution is -2.28. The molecule has 1 N–H and O–H groups in total. The summed E-state index contributed by atoms with van der Waals surface area (Å²) in [6.45, 7) is 6.56. The van der Waals surface area contributed by atoms with Crippen molar-refractivity contribution in [2.45, 2.75) is 27.2 Å². The van der Waals surface area contributed by atoms with Crippen molar-refractivity contribution in [3.05, 3.63) is 35.1 Å². The van der Waals surface area contributed by atoms with Crippen LogP contribution in [0.4, 0.5) is 4.39 Å². The second kappa shape index (κ2) is 5.64. The fraction of sp³-hybridized carbons (Fsp3) is 0.462. The van der Waals surface area contributed by atoms with E-state index in [0.717, 1.165) is 6.42 Å². The first-order chi connectivity index (χ1) is 7.54. The second-order valence-electron chi connectivity index (χ2n) is 4.18. The highest BCUT2D eigenvalue weighted by Crippen LogP contribution is 2.10. The molecule has 3 heteroatoms. The molecule has 0 aliphatic heterocycles. The zero-order valence-electron chi connectivity index (χ0n) is 10.0. The molecule has 0 saturated heterocycles. The lowest BCUT2D eigenvalue weighted by Gasteiger charge is -2.11. The van der Waals surface area contributed by atoms with Crippen LogP contribution in [0.15, 0.2) is 18.2 Å². The van der Waals surface area contributed by atoms with Gasteiger partial charge in [0, 0.05) is 12.1 Å². The summed E-state index contributed by atoms with van der Waals surface area (Å²) in [5, 5.41) is 2.85. The fourth-order valence-electron chi connectivity index (χ4n) is 1.39.